The first-order chi connectivity index (χ1) is 13.5. The van der Waals surface area contributed by atoms with Crippen molar-refractivity contribution in [2.75, 3.05) is 11.6 Å². The number of halogens is 1. The van der Waals surface area contributed by atoms with E-state index in [2.05, 4.69) is 17.6 Å². The minimum atomic E-state index is -3.48. The standard InChI is InChI=1S/C21H25ClN2O4S/c1-5-14-6-8-15(9-7-14)19(13(2)3)24-21(26)20(25)23-18-12-16(29(4,27)28)10-11-17(18)22/h6-13,19H,5H2,1-4H3,(H,23,25)(H,24,26). The van der Waals surface area contributed by atoms with Crippen molar-refractivity contribution in [3.05, 3.63) is 58.6 Å². The van der Waals surface area contributed by atoms with E-state index in [-0.39, 0.29) is 27.6 Å². The summed E-state index contributed by atoms with van der Waals surface area (Å²) in [6.45, 7) is 5.96. The first kappa shape index (κ1) is 22.9. The van der Waals surface area contributed by atoms with Gasteiger partial charge in [-0.05, 0) is 41.7 Å². The molecule has 8 heteroatoms. The van der Waals surface area contributed by atoms with Crippen molar-refractivity contribution >= 4 is 38.9 Å². The van der Waals surface area contributed by atoms with Gasteiger partial charge in [-0.2, -0.15) is 0 Å². The molecular formula is C21H25ClN2O4S. The molecule has 0 saturated carbocycles. The fourth-order valence-electron chi connectivity index (χ4n) is 2.81. The number of hydrogen-bond acceptors (Lipinski definition) is 4. The third-order valence-corrected chi connectivity index (χ3v) is 5.96. The van der Waals surface area contributed by atoms with Crippen LogP contribution < -0.4 is 10.6 Å². The number of hydrogen-bond donors (Lipinski definition) is 2. The van der Waals surface area contributed by atoms with Gasteiger partial charge in [0, 0.05) is 6.26 Å². The molecule has 6 nitrogen and oxygen atoms in total. The highest BCUT2D eigenvalue weighted by Crippen LogP contribution is 2.26. The summed E-state index contributed by atoms with van der Waals surface area (Å²) in [6.07, 6.45) is 1.96. The summed E-state index contributed by atoms with van der Waals surface area (Å²) in [5.74, 6) is -1.70. The SMILES string of the molecule is CCc1ccc(C(NC(=O)C(=O)Nc2cc(S(C)(=O)=O)ccc2Cl)C(C)C)cc1. The zero-order chi connectivity index (χ0) is 21.8. The Bertz CT molecular complexity index is 1000. The first-order valence-corrected chi connectivity index (χ1v) is 11.5. The second-order valence-electron chi connectivity index (χ2n) is 7.16. The van der Waals surface area contributed by atoms with Crippen molar-refractivity contribution in [1.29, 1.82) is 0 Å². The van der Waals surface area contributed by atoms with E-state index in [0.717, 1.165) is 18.2 Å². The predicted octanol–water partition coefficient (Wildman–Crippen LogP) is 3.76. The summed E-state index contributed by atoms with van der Waals surface area (Å²) in [7, 11) is -3.48. The van der Waals surface area contributed by atoms with Crippen LogP contribution in [0.1, 0.15) is 37.9 Å². The van der Waals surface area contributed by atoms with Gasteiger partial charge in [0.25, 0.3) is 0 Å². The summed E-state index contributed by atoms with van der Waals surface area (Å²) in [4.78, 5) is 24.8. The summed E-state index contributed by atoms with van der Waals surface area (Å²) in [5.41, 5.74) is 2.14. The average molecular weight is 437 g/mol. The Balaban J connectivity index is 2.17. The Morgan fingerprint density at radius 2 is 1.66 bits per heavy atom. The molecule has 0 aliphatic carbocycles. The minimum absolute atomic E-state index is 0.00585. The van der Waals surface area contributed by atoms with Crippen molar-refractivity contribution < 1.29 is 18.0 Å². The normalized spacial score (nSPS) is 12.5. The number of amides is 2. The van der Waals surface area contributed by atoms with Crippen LogP contribution in [0, 0.1) is 5.92 Å². The smallest absolute Gasteiger partial charge is 0.313 e. The second-order valence-corrected chi connectivity index (χ2v) is 9.58. The van der Waals surface area contributed by atoms with Crippen LogP contribution in [0.2, 0.25) is 5.02 Å². The Morgan fingerprint density at radius 3 is 2.17 bits per heavy atom. The highest BCUT2D eigenvalue weighted by molar-refractivity contribution is 7.90. The molecule has 0 aromatic heterocycles. The zero-order valence-corrected chi connectivity index (χ0v) is 18.4. The summed E-state index contributed by atoms with van der Waals surface area (Å²) < 4.78 is 23.4. The van der Waals surface area contributed by atoms with Gasteiger partial charge in [0.2, 0.25) is 0 Å². The quantitative estimate of drug-likeness (QED) is 0.674. The number of rotatable bonds is 6. The maximum absolute atomic E-state index is 12.5. The monoisotopic (exact) mass is 436 g/mol. The molecular weight excluding hydrogens is 412 g/mol. The van der Waals surface area contributed by atoms with Crippen LogP contribution in [0.15, 0.2) is 47.4 Å². The van der Waals surface area contributed by atoms with Gasteiger partial charge < -0.3 is 10.6 Å². The number of anilines is 1. The first-order valence-electron chi connectivity index (χ1n) is 9.23. The van der Waals surface area contributed by atoms with E-state index in [4.69, 9.17) is 11.6 Å². The van der Waals surface area contributed by atoms with Crippen molar-refractivity contribution in [2.24, 2.45) is 5.92 Å². The average Bonchev–Trinajstić information content (AvgIpc) is 2.66. The lowest BCUT2D eigenvalue weighted by Gasteiger charge is -2.23. The number of carbonyl (C=O) groups excluding carboxylic acids is 2. The van der Waals surface area contributed by atoms with Crippen LogP contribution in [0.3, 0.4) is 0 Å². The van der Waals surface area contributed by atoms with Gasteiger partial charge in [-0.25, -0.2) is 8.42 Å². The van der Waals surface area contributed by atoms with Gasteiger partial charge in [0.15, 0.2) is 9.84 Å². The Labute approximate surface area is 176 Å². The fourth-order valence-corrected chi connectivity index (χ4v) is 3.62. The molecule has 1 unspecified atom stereocenters. The van der Waals surface area contributed by atoms with Gasteiger partial charge in [0.1, 0.15) is 0 Å². The molecule has 1 atom stereocenters. The minimum Gasteiger partial charge on any atom is -0.341 e. The van der Waals surface area contributed by atoms with Crippen LogP contribution in [0.25, 0.3) is 0 Å². The van der Waals surface area contributed by atoms with Gasteiger partial charge in [-0.15, -0.1) is 0 Å². The highest BCUT2D eigenvalue weighted by Gasteiger charge is 2.23. The molecule has 0 bridgehead atoms. The molecule has 2 rings (SSSR count). The lowest BCUT2D eigenvalue weighted by Crippen LogP contribution is -2.39. The van der Waals surface area contributed by atoms with E-state index >= 15 is 0 Å². The molecule has 2 aromatic rings. The van der Waals surface area contributed by atoms with Gasteiger partial charge >= 0.3 is 11.8 Å². The third-order valence-electron chi connectivity index (χ3n) is 4.52. The molecule has 29 heavy (non-hydrogen) atoms. The molecule has 0 radical (unpaired) electrons. The van der Waals surface area contributed by atoms with Gasteiger partial charge in [0.05, 0.1) is 21.6 Å². The maximum Gasteiger partial charge on any atom is 0.313 e. The van der Waals surface area contributed by atoms with E-state index < -0.39 is 21.7 Å². The molecule has 0 spiro atoms. The second kappa shape index (κ2) is 9.41. The number of aryl methyl sites for hydroxylation is 1. The largest absolute Gasteiger partial charge is 0.341 e. The third kappa shape index (κ3) is 6.05. The molecule has 0 aliphatic heterocycles. The van der Waals surface area contributed by atoms with Crippen molar-refractivity contribution in [2.45, 2.75) is 38.1 Å². The molecule has 0 fully saturated rings. The van der Waals surface area contributed by atoms with E-state index in [1.54, 1.807) is 0 Å². The van der Waals surface area contributed by atoms with E-state index in [1.807, 2.05) is 38.1 Å². The predicted molar refractivity (Wildman–Crippen MR) is 115 cm³/mol. The number of sulfone groups is 1. The molecule has 156 valence electrons. The van der Waals surface area contributed by atoms with Crippen molar-refractivity contribution in [3.8, 4) is 0 Å². The molecule has 0 saturated heterocycles. The Kier molecular flexibility index (Phi) is 7.43. The Hall–Kier alpha value is -2.38. The number of carbonyl (C=O) groups is 2. The van der Waals surface area contributed by atoms with Crippen molar-refractivity contribution in [3.63, 3.8) is 0 Å². The molecule has 2 amide bonds. The summed E-state index contributed by atoms with van der Waals surface area (Å²) in [6, 6.07) is 11.4. The summed E-state index contributed by atoms with van der Waals surface area (Å²) in [5, 5.41) is 5.26. The molecule has 0 aliphatic rings. The fraction of sp³-hybridized carbons (Fsp3) is 0.333. The highest BCUT2D eigenvalue weighted by atomic mass is 35.5. The van der Waals surface area contributed by atoms with Crippen LogP contribution in [-0.4, -0.2) is 26.5 Å². The molecule has 0 heterocycles. The van der Waals surface area contributed by atoms with E-state index in [1.165, 1.54) is 23.8 Å². The molecule has 2 N–H and O–H groups in total. The van der Waals surface area contributed by atoms with Crippen LogP contribution in [0.5, 0.6) is 0 Å². The molecule has 2 aromatic carbocycles. The lowest BCUT2D eigenvalue weighted by atomic mass is 9.95. The lowest BCUT2D eigenvalue weighted by molar-refractivity contribution is -0.136. The van der Waals surface area contributed by atoms with Crippen LogP contribution in [0.4, 0.5) is 5.69 Å². The van der Waals surface area contributed by atoms with Gasteiger partial charge in [-0.1, -0.05) is 56.6 Å². The van der Waals surface area contributed by atoms with Crippen LogP contribution in [-0.2, 0) is 25.8 Å². The van der Waals surface area contributed by atoms with E-state index in [0.29, 0.717) is 0 Å². The van der Waals surface area contributed by atoms with Gasteiger partial charge in [-0.3, -0.25) is 9.59 Å². The van der Waals surface area contributed by atoms with Crippen molar-refractivity contribution in [1.82, 2.24) is 5.32 Å². The number of nitrogens with one attached hydrogen (secondary N) is 2. The zero-order valence-electron chi connectivity index (χ0n) is 16.8. The maximum atomic E-state index is 12.5. The van der Waals surface area contributed by atoms with E-state index in [9.17, 15) is 18.0 Å². The summed E-state index contributed by atoms with van der Waals surface area (Å²) >= 11 is 6.03. The van der Waals surface area contributed by atoms with Crippen LogP contribution >= 0.6 is 11.6 Å². The Morgan fingerprint density at radius 1 is 1.03 bits per heavy atom. The topological polar surface area (TPSA) is 92.3 Å². The number of benzene rings is 2.